The van der Waals surface area contributed by atoms with Gasteiger partial charge in [-0.05, 0) is 0 Å². The second kappa shape index (κ2) is 6.58. The molecule has 0 spiro atoms. The molecule has 0 atom stereocenters. The molecule has 0 aromatic rings. The fourth-order valence-electron chi connectivity index (χ4n) is 0.0833. The van der Waals surface area contributed by atoms with Crippen LogP contribution in [-0.2, 0) is 29.9 Å². The van der Waals surface area contributed by atoms with Gasteiger partial charge in [-0.3, -0.25) is 0 Å². The average Bonchev–Trinajstić information content (AvgIpc) is 1.65. The summed E-state index contributed by atoms with van der Waals surface area (Å²) in [6, 6.07) is 0. The molecule has 2 nitrogen and oxygen atoms in total. The molecule has 1 radical (unpaired) electrons. The van der Waals surface area contributed by atoms with Crippen LogP contribution in [-0.4, -0.2) is 14.2 Å². The molecule has 0 bridgehead atoms. The van der Waals surface area contributed by atoms with Crippen LogP contribution in [0.1, 0.15) is 6.92 Å². The van der Waals surface area contributed by atoms with Crippen molar-refractivity contribution >= 4 is 0 Å². The van der Waals surface area contributed by atoms with Gasteiger partial charge in [0, 0.05) is 34.6 Å². The first-order chi connectivity index (χ1) is 2.81. The topological polar surface area (TPSA) is 18.5 Å². The fraction of sp³-hybridized carbons (Fsp3) is 0.750. The molecule has 45 valence electrons. The molecule has 0 unspecified atom stereocenters. The Morgan fingerprint density at radius 2 is 1.43 bits per heavy atom. The number of hydrogen-bond donors (Lipinski definition) is 0. The van der Waals surface area contributed by atoms with Gasteiger partial charge in [0.15, 0.2) is 0 Å². The number of rotatable bonds is 2. The van der Waals surface area contributed by atoms with Crippen LogP contribution in [0.4, 0.5) is 0 Å². The van der Waals surface area contributed by atoms with Gasteiger partial charge in [0.2, 0.25) is 0 Å². The molecule has 0 aliphatic heterocycles. The van der Waals surface area contributed by atoms with Crippen LogP contribution in [0.25, 0.3) is 0 Å². The van der Waals surface area contributed by atoms with E-state index < -0.39 is 0 Å². The van der Waals surface area contributed by atoms with E-state index >= 15 is 0 Å². The van der Waals surface area contributed by atoms with Gasteiger partial charge in [0.05, 0.1) is 0 Å². The van der Waals surface area contributed by atoms with E-state index in [1.165, 1.54) is 0 Å². The summed E-state index contributed by atoms with van der Waals surface area (Å²) >= 11 is 0. The average molecular weight is 275 g/mol. The predicted molar refractivity (Wildman–Crippen MR) is 22.9 cm³/mol. The third kappa shape index (κ3) is 6.58. The summed E-state index contributed by atoms with van der Waals surface area (Å²) in [7, 11) is 3.14. The van der Waals surface area contributed by atoms with Gasteiger partial charge >= 0.3 is 0 Å². The van der Waals surface area contributed by atoms with Crippen molar-refractivity contribution in [3.63, 3.8) is 0 Å². The minimum absolute atomic E-state index is 0. The molecule has 0 aliphatic carbocycles. The Balaban J connectivity index is 0. The zero-order chi connectivity index (χ0) is 4.99. The molecule has 0 saturated carbocycles. The summed E-state index contributed by atoms with van der Waals surface area (Å²) in [5.74, 6) is 0. The van der Waals surface area contributed by atoms with Gasteiger partial charge in [0.1, 0.15) is 0 Å². The maximum absolute atomic E-state index is 4.59. The van der Waals surface area contributed by atoms with E-state index in [4.69, 9.17) is 0 Å². The Morgan fingerprint density at radius 1 is 1.14 bits per heavy atom. The summed E-state index contributed by atoms with van der Waals surface area (Å²) in [6.07, 6.45) is 0.593. The van der Waals surface area contributed by atoms with Crippen molar-refractivity contribution in [3.05, 3.63) is 6.29 Å². The monoisotopic (exact) mass is 276 g/mol. The summed E-state index contributed by atoms with van der Waals surface area (Å²) in [4.78, 5) is 0. The molecular formula is C4H9O2Re-. The van der Waals surface area contributed by atoms with Crippen LogP contribution < -0.4 is 0 Å². The first-order valence-corrected chi connectivity index (χ1v) is 1.72. The molecule has 0 aliphatic rings. The van der Waals surface area contributed by atoms with Crippen molar-refractivity contribution in [2.45, 2.75) is 6.92 Å². The molecule has 0 amide bonds. The van der Waals surface area contributed by atoms with Gasteiger partial charge in [0.25, 0.3) is 0 Å². The maximum atomic E-state index is 4.59. The first-order valence-electron chi connectivity index (χ1n) is 1.72. The molecule has 0 heterocycles. The van der Waals surface area contributed by atoms with Crippen molar-refractivity contribution in [2.75, 3.05) is 14.2 Å². The van der Waals surface area contributed by atoms with Gasteiger partial charge in [-0.2, -0.15) is 0 Å². The standard InChI is InChI=1S/C4H9O2.Re/c1-4(5-2)6-3;/h1-3H3;/q-1;. The van der Waals surface area contributed by atoms with Crippen LogP contribution in [0.2, 0.25) is 0 Å². The Morgan fingerprint density at radius 3 is 1.43 bits per heavy atom. The third-order valence-corrected chi connectivity index (χ3v) is 0.575. The Bertz CT molecular complexity index is 28.9. The van der Waals surface area contributed by atoms with Gasteiger partial charge in [-0.25, -0.2) is 0 Å². The second-order valence-corrected chi connectivity index (χ2v) is 0.900. The Kier molecular flexibility index (Phi) is 9.91. The number of methoxy groups -OCH3 is 2. The van der Waals surface area contributed by atoms with Crippen molar-refractivity contribution in [1.29, 1.82) is 0 Å². The summed E-state index contributed by atoms with van der Waals surface area (Å²) in [5.41, 5.74) is 0. The molecule has 0 aromatic heterocycles. The van der Waals surface area contributed by atoms with Crippen molar-refractivity contribution in [1.82, 2.24) is 0 Å². The van der Waals surface area contributed by atoms with E-state index in [0.717, 1.165) is 0 Å². The zero-order valence-electron chi connectivity index (χ0n) is 4.69. The quantitative estimate of drug-likeness (QED) is 0.694. The SMILES string of the molecule is CO[C-](C)OC.[Re]. The number of hydrogen-bond acceptors (Lipinski definition) is 2. The zero-order valence-corrected chi connectivity index (χ0v) is 7.41. The Labute approximate surface area is 57.8 Å². The van der Waals surface area contributed by atoms with Crippen molar-refractivity contribution < 1.29 is 29.9 Å². The number of ether oxygens (including phenoxy) is 2. The molecular weight excluding hydrogens is 266 g/mol. The van der Waals surface area contributed by atoms with Gasteiger partial charge in [-0.1, -0.05) is 6.29 Å². The molecule has 3 heteroatoms. The van der Waals surface area contributed by atoms with Crippen molar-refractivity contribution in [3.8, 4) is 0 Å². The second-order valence-electron chi connectivity index (χ2n) is 0.900. The summed E-state index contributed by atoms with van der Waals surface area (Å²) in [6.45, 7) is 1.75. The van der Waals surface area contributed by atoms with Crippen LogP contribution >= 0.6 is 0 Å². The van der Waals surface area contributed by atoms with E-state index in [2.05, 4.69) is 9.47 Å². The molecule has 0 rings (SSSR count). The minimum atomic E-state index is 0. The summed E-state index contributed by atoms with van der Waals surface area (Å²) < 4.78 is 9.19. The molecule has 0 fully saturated rings. The Hall–Kier alpha value is 0.582. The van der Waals surface area contributed by atoms with E-state index in [1.807, 2.05) is 0 Å². The molecule has 7 heavy (non-hydrogen) atoms. The van der Waals surface area contributed by atoms with E-state index in [-0.39, 0.29) is 20.4 Å². The van der Waals surface area contributed by atoms with Gasteiger partial charge < -0.3 is 9.47 Å². The van der Waals surface area contributed by atoms with Crippen molar-refractivity contribution in [2.24, 2.45) is 0 Å². The fourth-order valence-corrected chi connectivity index (χ4v) is 0.0833. The van der Waals surface area contributed by atoms with Crippen LogP contribution in [0.15, 0.2) is 0 Å². The largest absolute Gasteiger partial charge is 0.524 e. The molecule has 0 aromatic carbocycles. The summed E-state index contributed by atoms with van der Waals surface area (Å²) in [5, 5.41) is 0. The van der Waals surface area contributed by atoms with Gasteiger partial charge in [-0.15, -0.1) is 6.92 Å². The predicted octanol–water partition coefficient (Wildman–Crippen LogP) is 0.786. The van der Waals surface area contributed by atoms with E-state index in [9.17, 15) is 0 Å². The van der Waals surface area contributed by atoms with Crippen LogP contribution in [0.5, 0.6) is 0 Å². The normalized spacial score (nSPS) is 8.57. The minimum Gasteiger partial charge on any atom is -0.524 e. The van der Waals surface area contributed by atoms with E-state index in [0.29, 0.717) is 6.29 Å². The van der Waals surface area contributed by atoms with Crippen LogP contribution in [0, 0.1) is 6.29 Å². The maximum Gasteiger partial charge on any atom is 0.00126 e. The smallest absolute Gasteiger partial charge is 0.00126 e. The first kappa shape index (κ1) is 10.5. The molecule has 0 N–H and O–H groups in total. The van der Waals surface area contributed by atoms with E-state index in [1.54, 1.807) is 21.1 Å². The van der Waals surface area contributed by atoms with Crippen LogP contribution in [0.3, 0.4) is 0 Å². The molecule has 0 saturated heterocycles. The third-order valence-electron chi connectivity index (χ3n) is 0.575.